The van der Waals surface area contributed by atoms with Crippen LogP contribution < -0.4 is 5.73 Å². The van der Waals surface area contributed by atoms with E-state index in [1.54, 1.807) is 4.68 Å². The van der Waals surface area contributed by atoms with Gasteiger partial charge in [0.2, 0.25) is 0 Å². The maximum atomic E-state index is 13.4. The molecule has 6 rings (SSSR count). The standard InChI is InChI=1S/C24H26N6O2S/c1-13-12-32-7-6-30(13)24(31)21-20(25)19-17(14-4-3-5-14)9-18(27-23(19)33-21)15-8-16-11-29(2)28-22(16)26-10-15/h8-11,13-14H,3-7,12,25H2,1-2H3/t13-/m0/s1. The number of fused-ring (bicyclic) bond motifs is 2. The van der Waals surface area contributed by atoms with Crippen molar-refractivity contribution in [2.45, 2.75) is 38.1 Å². The molecule has 4 aromatic rings. The summed E-state index contributed by atoms with van der Waals surface area (Å²) in [5.41, 5.74) is 10.9. The Morgan fingerprint density at radius 2 is 2.15 bits per heavy atom. The first-order valence-electron chi connectivity index (χ1n) is 11.4. The Bertz CT molecular complexity index is 1390. The van der Waals surface area contributed by atoms with Crippen LogP contribution in [0.3, 0.4) is 0 Å². The molecule has 0 unspecified atom stereocenters. The number of rotatable bonds is 3. The second kappa shape index (κ2) is 7.78. The fourth-order valence-corrected chi connectivity index (χ4v) is 5.91. The van der Waals surface area contributed by atoms with Crippen molar-refractivity contribution in [3.05, 3.63) is 35.0 Å². The molecule has 2 aliphatic rings. The molecule has 1 atom stereocenters. The van der Waals surface area contributed by atoms with Gasteiger partial charge in [0.1, 0.15) is 9.71 Å². The minimum atomic E-state index is -0.0224. The van der Waals surface area contributed by atoms with Gasteiger partial charge in [-0.1, -0.05) is 6.42 Å². The fourth-order valence-electron chi connectivity index (χ4n) is 4.83. The average Bonchev–Trinajstić information content (AvgIpc) is 3.30. The van der Waals surface area contributed by atoms with Gasteiger partial charge < -0.3 is 15.4 Å². The molecule has 9 heteroatoms. The highest BCUT2D eigenvalue weighted by Crippen LogP contribution is 2.46. The number of amides is 1. The second-order valence-electron chi connectivity index (χ2n) is 9.11. The number of hydrogen-bond donors (Lipinski definition) is 1. The third-order valence-electron chi connectivity index (χ3n) is 6.87. The number of nitrogens with two attached hydrogens (primary N) is 1. The Labute approximate surface area is 195 Å². The Morgan fingerprint density at radius 1 is 1.30 bits per heavy atom. The molecule has 1 aliphatic heterocycles. The minimum Gasteiger partial charge on any atom is -0.397 e. The number of carbonyl (C=O) groups excluding carboxylic acids is 1. The molecule has 0 bridgehead atoms. The van der Waals surface area contributed by atoms with Gasteiger partial charge in [-0.15, -0.1) is 11.3 Å². The monoisotopic (exact) mass is 462 g/mol. The molecule has 1 aliphatic carbocycles. The summed E-state index contributed by atoms with van der Waals surface area (Å²) in [5.74, 6) is 0.428. The number of aromatic nitrogens is 4. The van der Waals surface area contributed by atoms with E-state index in [4.69, 9.17) is 15.5 Å². The highest BCUT2D eigenvalue weighted by Gasteiger charge is 2.31. The lowest BCUT2D eigenvalue weighted by Crippen LogP contribution is -2.47. The van der Waals surface area contributed by atoms with Crippen LogP contribution in [0.2, 0.25) is 0 Å². The van der Waals surface area contributed by atoms with Gasteiger partial charge in [0.05, 0.1) is 30.6 Å². The number of ether oxygens (including phenoxy) is 1. The molecule has 1 saturated heterocycles. The van der Waals surface area contributed by atoms with Crippen molar-refractivity contribution in [2.24, 2.45) is 7.05 Å². The molecule has 8 nitrogen and oxygen atoms in total. The highest BCUT2D eigenvalue weighted by molar-refractivity contribution is 7.21. The van der Waals surface area contributed by atoms with Crippen LogP contribution in [0.25, 0.3) is 32.5 Å². The van der Waals surface area contributed by atoms with Gasteiger partial charge >= 0.3 is 0 Å². The molecule has 5 heterocycles. The summed E-state index contributed by atoms with van der Waals surface area (Å²) in [5, 5.41) is 6.30. The second-order valence-corrected chi connectivity index (χ2v) is 10.1. The zero-order valence-electron chi connectivity index (χ0n) is 18.7. The number of nitrogen functional groups attached to an aromatic ring is 1. The number of hydrogen-bond acceptors (Lipinski definition) is 7. The predicted molar refractivity (Wildman–Crippen MR) is 129 cm³/mol. The first-order chi connectivity index (χ1) is 16.0. The largest absolute Gasteiger partial charge is 0.397 e. The Balaban J connectivity index is 1.49. The van der Waals surface area contributed by atoms with Crippen molar-refractivity contribution in [1.29, 1.82) is 0 Å². The molecular formula is C24H26N6O2S. The van der Waals surface area contributed by atoms with Crippen molar-refractivity contribution in [3.63, 3.8) is 0 Å². The number of thiophene rings is 1. The molecule has 0 aromatic carbocycles. The van der Waals surface area contributed by atoms with Gasteiger partial charge in [-0.2, -0.15) is 5.10 Å². The van der Waals surface area contributed by atoms with Gasteiger partial charge in [0, 0.05) is 42.3 Å². The van der Waals surface area contributed by atoms with Crippen LogP contribution in [-0.4, -0.2) is 56.4 Å². The van der Waals surface area contributed by atoms with E-state index >= 15 is 0 Å². The molecule has 1 amide bonds. The van der Waals surface area contributed by atoms with E-state index in [-0.39, 0.29) is 11.9 Å². The zero-order chi connectivity index (χ0) is 22.7. The van der Waals surface area contributed by atoms with E-state index in [1.165, 1.54) is 23.3 Å². The van der Waals surface area contributed by atoms with Crippen LogP contribution in [0.4, 0.5) is 5.69 Å². The van der Waals surface area contributed by atoms with Crippen LogP contribution in [0.1, 0.15) is 47.3 Å². The lowest BCUT2D eigenvalue weighted by molar-refractivity contribution is 0.00392. The smallest absolute Gasteiger partial charge is 0.266 e. The van der Waals surface area contributed by atoms with E-state index < -0.39 is 0 Å². The third kappa shape index (κ3) is 3.38. The molecule has 1 saturated carbocycles. The number of nitrogens with zero attached hydrogens (tertiary/aromatic N) is 5. The summed E-state index contributed by atoms with van der Waals surface area (Å²) in [4.78, 5) is 26.2. The number of carbonyl (C=O) groups is 1. The molecule has 2 N–H and O–H groups in total. The molecule has 2 fully saturated rings. The van der Waals surface area contributed by atoms with Crippen LogP contribution in [0, 0.1) is 0 Å². The lowest BCUT2D eigenvalue weighted by atomic mass is 9.78. The van der Waals surface area contributed by atoms with E-state index in [9.17, 15) is 4.79 Å². The van der Waals surface area contributed by atoms with E-state index in [0.717, 1.165) is 45.3 Å². The van der Waals surface area contributed by atoms with E-state index in [0.29, 0.717) is 36.2 Å². The van der Waals surface area contributed by atoms with E-state index in [2.05, 4.69) is 22.2 Å². The van der Waals surface area contributed by atoms with Crippen molar-refractivity contribution in [3.8, 4) is 11.3 Å². The van der Waals surface area contributed by atoms with Gasteiger partial charge in [0.15, 0.2) is 5.65 Å². The van der Waals surface area contributed by atoms with Crippen LogP contribution >= 0.6 is 11.3 Å². The maximum Gasteiger partial charge on any atom is 0.266 e. The molecule has 170 valence electrons. The van der Waals surface area contributed by atoms with Crippen LogP contribution in [-0.2, 0) is 11.8 Å². The molecule has 0 radical (unpaired) electrons. The number of morpholine rings is 1. The lowest BCUT2D eigenvalue weighted by Gasteiger charge is -2.33. The summed E-state index contributed by atoms with van der Waals surface area (Å²) >= 11 is 1.41. The number of anilines is 1. The van der Waals surface area contributed by atoms with Gasteiger partial charge in [0.25, 0.3) is 5.91 Å². The third-order valence-corrected chi connectivity index (χ3v) is 7.95. The van der Waals surface area contributed by atoms with Gasteiger partial charge in [-0.25, -0.2) is 9.97 Å². The van der Waals surface area contributed by atoms with Gasteiger partial charge in [-0.05, 0) is 43.4 Å². The number of aryl methyl sites for hydroxylation is 1. The first kappa shape index (κ1) is 20.6. The Morgan fingerprint density at radius 3 is 2.91 bits per heavy atom. The molecule has 33 heavy (non-hydrogen) atoms. The molecule has 4 aromatic heterocycles. The highest BCUT2D eigenvalue weighted by atomic mass is 32.1. The minimum absolute atomic E-state index is 0.0224. The SMILES string of the molecule is C[C@H]1COCCN1C(=O)c1sc2nc(-c3cnc4nn(C)cc4c3)cc(C3CCC3)c2c1N. The summed E-state index contributed by atoms with van der Waals surface area (Å²) in [6.45, 7) is 3.70. The topological polar surface area (TPSA) is 99.2 Å². The summed E-state index contributed by atoms with van der Waals surface area (Å²) < 4.78 is 7.28. The van der Waals surface area contributed by atoms with Gasteiger partial charge in [-0.3, -0.25) is 9.48 Å². The summed E-state index contributed by atoms with van der Waals surface area (Å²) in [7, 11) is 1.89. The zero-order valence-corrected chi connectivity index (χ0v) is 19.6. The predicted octanol–water partition coefficient (Wildman–Crippen LogP) is 3.96. The fraction of sp³-hybridized carbons (Fsp3) is 0.417. The van der Waals surface area contributed by atoms with E-state index in [1.807, 2.05) is 31.3 Å². The first-order valence-corrected chi connectivity index (χ1v) is 12.2. The van der Waals surface area contributed by atoms with Crippen molar-refractivity contribution >= 4 is 44.2 Å². The van der Waals surface area contributed by atoms with Crippen molar-refractivity contribution in [1.82, 2.24) is 24.6 Å². The maximum absolute atomic E-state index is 13.4. The van der Waals surface area contributed by atoms with Crippen LogP contribution in [0.15, 0.2) is 24.5 Å². The van der Waals surface area contributed by atoms with Crippen LogP contribution in [0.5, 0.6) is 0 Å². The summed E-state index contributed by atoms with van der Waals surface area (Å²) in [6.07, 6.45) is 7.27. The Hall–Kier alpha value is -3.04. The number of pyridine rings is 2. The van der Waals surface area contributed by atoms with Crippen molar-refractivity contribution < 1.29 is 9.53 Å². The molecule has 0 spiro atoms. The Kier molecular flexibility index (Phi) is 4.84. The van der Waals surface area contributed by atoms with Crippen molar-refractivity contribution in [2.75, 3.05) is 25.5 Å². The molecular weight excluding hydrogens is 436 g/mol. The normalized spacial score (nSPS) is 19.3. The summed E-state index contributed by atoms with van der Waals surface area (Å²) in [6, 6.07) is 4.26. The average molecular weight is 463 g/mol. The quantitative estimate of drug-likeness (QED) is 0.495.